The van der Waals surface area contributed by atoms with E-state index < -0.39 is 11.7 Å². The van der Waals surface area contributed by atoms with E-state index in [2.05, 4.69) is 9.97 Å². The Balaban J connectivity index is 1.57. The summed E-state index contributed by atoms with van der Waals surface area (Å²) in [5.41, 5.74) is 3.00. The number of rotatable bonds is 3. The van der Waals surface area contributed by atoms with Crippen LogP contribution in [0.3, 0.4) is 0 Å². The zero-order valence-electron chi connectivity index (χ0n) is 17.0. The van der Waals surface area contributed by atoms with Gasteiger partial charge in [0.1, 0.15) is 5.75 Å². The van der Waals surface area contributed by atoms with Crippen LogP contribution in [0.5, 0.6) is 5.75 Å². The number of amides is 1. The average molecular weight is 437 g/mol. The molecule has 1 amide bonds. The molecule has 8 heteroatoms. The maximum absolute atomic E-state index is 13.5. The summed E-state index contributed by atoms with van der Waals surface area (Å²) in [5.74, 6) is -0.588. The fourth-order valence-corrected chi connectivity index (χ4v) is 4.17. The van der Waals surface area contributed by atoms with Crippen molar-refractivity contribution in [3.63, 3.8) is 0 Å². The summed E-state index contributed by atoms with van der Waals surface area (Å²) in [6, 6.07) is 11.8. The number of hydrogen-bond acceptors (Lipinski definition) is 3. The third-order valence-corrected chi connectivity index (χ3v) is 5.75. The molecule has 5 rings (SSSR count). The highest BCUT2D eigenvalue weighted by Gasteiger charge is 2.38. The number of methoxy groups -OCH3 is 1. The number of anilines is 1. The van der Waals surface area contributed by atoms with Crippen LogP contribution in [-0.4, -0.2) is 29.5 Å². The molecule has 5 nitrogen and oxygen atoms in total. The Hall–Kier alpha value is -3.81. The largest absolute Gasteiger partial charge is 0.496 e. The predicted octanol–water partition coefficient (Wildman–Crippen LogP) is 5.46. The van der Waals surface area contributed by atoms with Crippen LogP contribution in [0.15, 0.2) is 61.1 Å². The van der Waals surface area contributed by atoms with Gasteiger partial charge >= 0.3 is 6.18 Å². The van der Waals surface area contributed by atoms with Gasteiger partial charge in [0.25, 0.3) is 5.91 Å². The second-order valence-electron chi connectivity index (χ2n) is 7.59. The lowest BCUT2D eigenvalue weighted by atomic mass is 10.0. The number of carbonyl (C=O) groups is 1. The smallest absolute Gasteiger partial charge is 0.420 e. The molecule has 0 fully saturated rings. The standard InChI is InChI=1S/C24H18F3N3O2/c1-32-22-10-15-6-8-30(21(15)11-19(22)24(25,26)27)23(31)18-13-29-20-5-4-14(9-17(18)20)16-3-2-7-28-12-16/h2-5,7,9-13,29H,6,8H2,1H3. The molecule has 0 spiro atoms. The Morgan fingerprint density at radius 3 is 2.72 bits per heavy atom. The van der Waals surface area contributed by atoms with E-state index in [4.69, 9.17) is 4.74 Å². The van der Waals surface area contributed by atoms with Crippen molar-refractivity contribution in [3.8, 4) is 16.9 Å². The van der Waals surface area contributed by atoms with Crippen LogP contribution >= 0.6 is 0 Å². The van der Waals surface area contributed by atoms with Gasteiger partial charge in [0.2, 0.25) is 0 Å². The number of hydrogen-bond donors (Lipinski definition) is 1. The van der Waals surface area contributed by atoms with Crippen molar-refractivity contribution in [3.05, 3.63) is 77.7 Å². The molecule has 0 saturated heterocycles. The van der Waals surface area contributed by atoms with E-state index in [0.717, 1.165) is 22.7 Å². The highest BCUT2D eigenvalue weighted by atomic mass is 19.4. The first-order valence-electron chi connectivity index (χ1n) is 9.98. The molecule has 0 saturated carbocycles. The van der Waals surface area contributed by atoms with Crippen molar-refractivity contribution < 1.29 is 22.7 Å². The Bertz CT molecular complexity index is 1330. The summed E-state index contributed by atoms with van der Waals surface area (Å²) in [5, 5.41) is 0.703. The van der Waals surface area contributed by atoms with Crippen LogP contribution in [0.1, 0.15) is 21.5 Å². The van der Waals surface area contributed by atoms with E-state index in [-0.39, 0.29) is 17.3 Å². The Morgan fingerprint density at radius 1 is 1.16 bits per heavy atom. The molecule has 2 aromatic heterocycles. The quantitative estimate of drug-likeness (QED) is 0.463. The Labute approximate surface area is 181 Å². The lowest BCUT2D eigenvalue weighted by Gasteiger charge is -2.20. The van der Waals surface area contributed by atoms with E-state index >= 15 is 0 Å². The van der Waals surface area contributed by atoms with Crippen molar-refractivity contribution >= 4 is 22.5 Å². The number of aromatic amines is 1. The zero-order valence-corrected chi connectivity index (χ0v) is 17.0. The van der Waals surface area contributed by atoms with Crippen LogP contribution in [0, 0.1) is 0 Å². The lowest BCUT2D eigenvalue weighted by molar-refractivity contribution is -0.138. The van der Waals surface area contributed by atoms with Crippen molar-refractivity contribution in [2.45, 2.75) is 12.6 Å². The first-order chi connectivity index (χ1) is 15.4. The summed E-state index contributed by atoms with van der Waals surface area (Å²) in [6.45, 7) is 0.299. The molecule has 162 valence electrons. The Kier molecular flexibility index (Phi) is 4.65. The zero-order chi connectivity index (χ0) is 22.5. The minimum Gasteiger partial charge on any atom is -0.496 e. The molecule has 1 aliphatic heterocycles. The molecule has 3 heterocycles. The number of halogens is 3. The molecule has 0 aliphatic carbocycles. The SMILES string of the molecule is COc1cc2c(cc1C(F)(F)F)N(C(=O)c1c[nH]c3ccc(-c4cccnc4)cc13)CC2. The molecule has 0 radical (unpaired) electrons. The number of benzene rings is 2. The van der Waals surface area contributed by atoms with E-state index in [1.54, 1.807) is 18.6 Å². The minimum atomic E-state index is -4.59. The number of fused-ring (bicyclic) bond motifs is 2. The number of pyridine rings is 1. The lowest BCUT2D eigenvalue weighted by Crippen LogP contribution is -2.29. The molecule has 0 unspecified atom stereocenters. The normalized spacial score (nSPS) is 13.4. The second-order valence-corrected chi connectivity index (χ2v) is 7.59. The molecule has 4 aromatic rings. The van der Waals surface area contributed by atoms with Crippen molar-refractivity contribution in [2.75, 3.05) is 18.6 Å². The summed E-state index contributed by atoms with van der Waals surface area (Å²) >= 11 is 0. The third-order valence-electron chi connectivity index (χ3n) is 5.75. The van der Waals surface area contributed by atoms with Crippen LogP contribution in [0.2, 0.25) is 0 Å². The van der Waals surface area contributed by atoms with Gasteiger partial charge in [-0.25, -0.2) is 0 Å². The molecule has 2 aromatic carbocycles. The number of ether oxygens (including phenoxy) is 1. The minimum absolute atomic E-state index is 0.237. The number of aromatic nitrogens is 2. The van der Waals surface area contributed by atoms with E-state index in [1.165, 1.54) is 18.1 Å². The monoisotopic (exact) mass is 437 g/mol. The summed E-state index contributed by atoms with van der Waals surface area (Å²) < 4.78 is 45.5. The van der Waals surface area contributed by atoms with E-state index in [9.17, 15) is 18.0 Å². The van der Waals surface area contributed by atoms with Crippen LogP contribution in [0.4, 0.5) is 18.9 Å². The van der Waals surface area contributed by atoms with E-state index in [0.29, 0.717) is 29.5 Å². The summed E-state index contributed by atoms with van der Waals surface area (Å²) in [4.78, 5) is 22.1. The van der Waals surface area contributed by atoms with Gasteiger partial charge in [-0.2, -0.15) is 13.2 Å². The summed E-state index contributed by atoms with van der Waals surface area (Å²) in [6.07, 6.45) is 0.891. The number of carbonyl (C=O) groups excluding carboxylic acids is 1. The van der Waals surface area contributed by atoms with Gasteiger partial charge in [-0.1, -0.05) is 12.1 Å². The van der Waals surface area contributed by atoms with E-state index in [1.807, 2.05) is 30.3 Å². The first kappa shape index (κ1) is 20.1. The predicted molar refractivity (Wildman–Crippen MR) is 115 cm³/mol. The van der Waals surface area contributed by atoms with Crippen molar-refractivity contribution in [2.24, 2.45) is 0 Å². The molecule has 1 N–H and O–H groups in total. The van der Waals surface area contributed by atoms with Gasteiger partial charge in [-0.15, -0.1) is 0 Å². The third kappa shape index (κ3) is 3.28. The number of nitrogens with one attached hydrogen (secondary N) is 1. The molecule has 1 aliphatic rings. The van der Waals surface area contributed by atoms with Gasteiger partial charge in [0, 0.05) is 47.3 Å². The van der Waals surface area contributed by atoms with Crippen LogP contribution in [-0.2, 0) is 12.6 Å². The van der Waals surface area contributed by atoms with Gasteiger partial charge in [0.05, 0.1) is 18.2 Å². The van der Waals surface area contributed by atoms with Crippen molar-refractivity contribution in [1.29, 1.82) is 0 Å². The topological polar surface area (TPSA) is 58.2 Å². The van der Waals surface area contributed by atoms with Gasteiger partial charge in [0.15, 0.2) is 0 Å². The number of alkyl halides is 3. The fraction of sp³-hybridized carbons (Fsp3) is 0.167. The highest BCUT2D eigenvalue weighted by Crippen LogP contribution is 2.42. The van der Waals surface area contributed by atoms with Gasteiger partial charge < -0.3 is 14.6 Å². The Morgan fingerprint density at radius 2 is 2.00 bits per heavy atom. The summed E-state index contributed by atoms with van der Waals surface area (Å²) in [7, 11) is 1.21. The van der Waals surface area contributed by atoms with Gasteiger partial charge in [-0.05, 0) is 47.9 Å². The van der Waals surface area contributed by atoms with Crippen LogP contribution < -0.4 is 9.64 Å². The molecule has 0 bridgehead atoms. The second kappa shape index (κ2) is 7.40. The molecule has 0 atom stereocenters. The maximum Gasteiger partial charge on any atom is 0.420 e. The van der Waals surface area contributed by atoms with Crippen molar-refractivity contribution in [1.82, 2.24) is 9.97 Å². The maximum atomic E-state index is 13.5. The average Bonchev–Trinajstić information content (AvgIpc) is 3.41. The highest BCUT2D eigenvalue weighted by molar-refractivity contribution is 6.15. The van der Waals surface area contributed by atoms with Crippen LogP contribution in [0.25, 0.3) is 22.0 Å². The molecular formula is C24H18F3N3O2. The van der Waals surface area contributed by atoms with Gasteiger partial charge in [-0.3, -0.25) is 9.78 Å². The first-order valence-corrected chi connectivity index (χ1v) is 9.98. The fourth-order valence-electron chi connectivity index (χ4n) is 4.17. The number of nitrogens with zero attached hydrogens (tertiary/aromatic N) is 2. The number of H-pyrrole nitrogens is 1. The molecule has 32 heavy (non-hydrogen) atoms. The molecular weight excluding hydrogens is 419 g/mol.